The zero-order chi connectivity index (χ0) is 27.9. The summed E-state index contributed by atoms with van der Waals surface area (Å²) < 4.78 is 37.9. The molecule has 1 aromatic heterocycles. The molecular formula is C21H18K2N4O10S2. The molecule has 196 valence electrons. The third kappa shape index (κ3) is 9.79. The number of pyridine rings is 1. The average Bonchev–Trinajstić information content (AvgIpc) is 2.82. The number of aromatic hydroxyl groups is 1. The number of rotatable bonds is 10. The fourth-order valence-electron chi connectivity index (χ4n) is 3.35. The van der Waals surface area contributed by atoms with E-state index in [1.165, 1.54) is 32.1 Å². The third-order valence-electron chi connectivity index (χ3n) is 5.20. The Labute approximate surface area is 312 Å². The summed E-state index contributed by atoms with van der Waals surface area (Å²) in [6.07, 6.45) is 3.67. The van der Waals surface area contributed by atoms with Gasteiger partial charge in [0, 0.05) is 42.0 Å². The predicted octanol–water partition coefficient (Wildman–Crippen LogP) is -6.01. The molecule has 0 atom stereocenters. The van der Waals surface area contributed by atoms with Gasteiger partial charge < -0.3 is 14.9 Å². The molecule has 1 aromatic rings. The second-order valence-corrected chi connectivity index (χ2v) is 9.62. The van der Waals surface area contributed by atoms with E-state index in [0.717, 1.165) is 4.57 Å². The first-order valence-electron chi connectivity index (χ1n) is 10.1. The Kier molecular flexibility index (Phi) is 17.2. The minimum atomic E-state index is -4.75. The molecule has 0 saturated carbocycles. The second-order valence-electron chi connectivity index (χ2n) is 7.31. The molecule has 1 aliphatic heterocycles. The number of hydrogen-bond donors (Lipinski definition) is 1. The van der Waals surface area contributed by atoms with E-state index in [1.807, 2.05) is 0 Å². The summed E-state index contributed by atoms with van der Waals surface area (Å²) in [6, 6.07) is 1.65. The van der Waals surface area contributed by atoms with Gasteiger partial charge in [-0.25, -0.2) is 13.3 Å². The van der Waals surface area contributed by atoms with Crippen LogP contribution in [-0.4, -0.2) is 57.4 Å². The van der Waals surface area contributed by atoms with Gasteiger partial charge in [-0.2, -0.15) is 9.60 Å². The fraction of sp³-hybridized carbons (Fsp3) is 0.286. The number of nitriles is 1. The van der Waals surface area contributed by atoms with Crippen LogP contribution in [-0.2, 0) is 35.6 Å². The Balaban J connectivity index is 0.00000722. The summed E-state index contributed by atoms with van der Waals surface area (Å²) in [7, 11) is -4.75. The van der Waals surface area contributed by atoms with E-state index in [0.29, 0.717) is 16.9 Å². The number of carbonyl (C=O) groups excluding carboxylic acids is 2. The molecule has 0 bridgehead atoms. The molecule has 18 heteroatoms. The molecule has 2 rings (SSSR count). The molecule has 0 fully saturated rings. The van der Waals surface area contributed by atoms with Gasteiger partial charge in [-0.05, 0) is 31.1 Å². The van der Waals surface area contributed by atoms with Crippen LogP contribution < -0.4 is 114 Å². The maximum atomic E-state index is 13.0. The maximum Gasteiger partial charge on any atom is 1.00 e. The maximum absolute atomic E-state index is 13.0. The summed E-state index contributed by atoms with van der Waals surface area (Å²) in [6.45, 7) is 9.17. The van der Waals surface area contributed by atoms with Crippen molar-refractivity contribution in [2.45, 2.75) is 20.4 Å². The van der Waals surface area contributed by atoms with E-state index in [-0.39, 0.29) is 143 Å². The topological polar surface area (TPSA) is 206 Å². The van der Waals surface area contributed by atoms with Crippen molar-refractivity contribution in [1.82, 2.24) is 9.47 Å². The van der Waals surface area contributed by atoms with Crippen LogP contribution in [0, 0.1) is 24.8 Å². The van der Waals surface area contributed by atoms with E-state index in [1.54, 1.807) is 6.07 Å². The van der Waals surface area contributed by atoms with Crippen LogP contribution in [0.3, 0.4) is 0 Å². The van der Waals surface area contributed by atoms with Gasteiger partial charge in [0.1, 0.15) is 11.6 Å². The monoisotopic (exact) mass is 628 g/mol. The van der Waals surface area contributed by atoms with E-state index in [9.17, 15) is 43.0 Å². The molecule has 1 N–H and O–H groups in total. The molecule has 1 aliphatic rings. The van der Waals surface area contributed by atoms with Crippen molar-refractivity contribution >= 4 is 45.7 Å². The minimum Gasteiger partial charge on any atom is -0.748 e. The van der Waals surface area contributed by atoms with Crippen LogP contribution in [0.5, 0.6) is 5.88 Å². The van der Waals surface area contributed by atoms with Gasteiger partial charge in [0.25, 0.3) is 17.4 Å². The van der Waals surface area contributed by atoms with Crippen LogP contribution in [0.1, 0.15) is 18.1 Å². The van der Waals surface area contributed by atoms with Gasteiger partial charge in [-0.15, -0.1) is 0 Å². The number of carbonyl (C=O) groups is 2. The van der Waals surface area contributed by atoms with Gasteiger partial charge in [0.15, 0.2) is 5.88 Å². The first kappa shape index (κ1) is 38.5. The summed E-state index contributed by atoms with van der Waals surface area (Å²) in [5, 5.41) is 32.8. The molecule has 0 radical (unpaired) electrons. The summed E-state index contributed by atoms with van der Waals surface area (Å²) in [5.74, 6) is -3.63. The molecule has 2 heterocycles. The zero-order valence-corrected chi connectivity index (χ0v) is 29.2. The van der Waals surface area contributed by atoms with Crippen molar-refractivity contribution in [2.75, 3.05) is 18.1 Å². The molecular weight excluding hydrogens is 611 g/mol. The van der Waals surface area contributed by atoms with Crippen molar-refractivity contribution < 1.29 is 145 Å². The molecule has 0 spiro atoms. The van der Waals surface area contributed by atoms with Crippen molar-refractivity contribution in [2.24, 2.45) is 0 Å². The molecule has 0 saturated heterocycles. The predicted molar refractivity (Wildman–Crippen MR) is 125 cm³/mol. The van der Waals surface area contributed by atoms with Crippen LogP contribution in [0.4, 0.5) is 5.69 Å². The Hall–Kier alpha value is -0.497. The Bertz CT molecular complexity index is 1470. The van der Waals surface area contributed by atoms with E-state index < -0.39 is 51.2 Å². The van der Waals surface area contributed by atoms with Gasteiger partial charge in [-0.1, -0.05) is 12.2 Å². The number of imide groups is 1. The van der Waals surface area contributed by atoms with Crippen molar-refractivity contribution in [3.05, 3.63) is 61.8 Å². The van der Waals surface area contributed by atoms with E-state index in [4.69, 9.17) is 6.57 Å². The van der Waals surface area contributed by atoms with Crippen LogP contribution in [0.15, 0.2) is 33.7 Å². The molecule has 2 amide bonds. The van der Waals surface area contributed by atoms with Gasteiger partial charge in [0.05, 0.1) is 22.4 Å². The SMILES string of the molecule is [C-]#[N+]c1c(C)c(C=CC=C2C(=O)N(CCS(=O)(=O)[O-])C(=O)C(C#N)=C2C)c(=O)n(CCSOO[O-])c1O.[K+].[K+]. The number of nitrogens with zero attached hydrogens (tertiary/aromatic N) is 4. The Morgan fingerprint density at radius 1 is 1.21 bits per heavy atom. The minimum absolute atomic E-state index is 0. The summed E-state index contributed by atoms with van der Waals surface area (Å²) in [4.78, 5) is 42.0. The third-order valence-corrected chi connectivity index (χ3v) is 6.39. The van der Waals surface area contributed by atoms with Crippen molar-refractivity contribution in [3.8, 4) is 11.9 Å². The average molecular weight is 629 g/mol. The first-order valence-corrected chi connectivity index (χ1v) is 12.6. The van der Waals surface area contributed by atoms with Crippen LogP contribution in [0.25, 0.3) is 10.9 Å². The largest absolute Gasteiger partial charge is 1.00 e. The summed E-state index contributed by atoms with van der Waals surface area (Å²) >= 11 is 0.565. The standard InChI is InChI=1S/C21H20N4O10S2.2K/c1-12-14(18(26)25(8-10-37(31,32)33)20(28)16(12)11-22)5-4-6-15-13(2)17(23-3)21(29)24(19(15)27)7-9-36-35-34-30;;/h4-6,29-30H,7-10H2,1-2H3,(H,31,32,33);;/q;2*+1/p-2. The fourth-order valence-corrected chi connectivity index (χ4v) is 4.12. The molecule has 0 unspecified atom stereocenters. The smallest absolute Gasteiger partial charge is 0.748 e. The van der Waals surface area contributed by atoms with Crippen LogP contribution in [0.2, 0.25) is 0 Å². The molecule has 14 nitrogen and oxygen atoms in total. The number of allylic oxidation sites excluding steroid dienone is 2. The number of amides is 2. The molecule has 0 aromatic carbocycles. The van der Waals surface area contributed by atoms with Gasteiger partial charge in [-0.3, -0.25) is 28.9 Å². The number of aromatic nitrogens is 1. The quantitative estimate of drug-likeness (QED) is 0.0296. The Morgan fingerprint density at radius 3 is 2.38 bits per heavy atom. The Morgan fingerprint density at radius 2 is 1.85 bits per heavy atom. The normalized spacial score (nSPS) is 14.7. The van der Waals surface area contributed by atoms with E-state index >= 15 is 0 Å². The van der Waals surface area contributed by atoms with E-state index in [2.05, 4.69) is 14.2 Å². The van der Waals surface area contributed by atoms with Crippen LogP contribution >= 0.6 is 12.0 Å². The molecule has 39 heavy (non-hydrogen) atoms. The second kappa shape index (κ2) is 17.5. The number of hydrogen-bond acceptors (Lipinski definition) is 12. The van der Waals surface area contributed by atoms with Crippen molar-refractivity contribution in [1.29, 1.82) is 5.26 Å². The molecule has 0 aliphatic carbocycles. The van der Waals surface area contributed by atoms with Crippen molar-refractivity contribution in [3.63, 3.8) is 0 Å². The first-order chi connectivity index (χ1) is 17.4. The zero-order valence-electron chi connectivity index (χ0n) is 21.3. The van der Waals surface area contributed by atoms with Gasteiger partial charge >= 0.3 is 103 Å². The summed E-state index contributed by atoms with van der Waals surface area (Å²) in [5.41, 5.74) is -1.41. The van der Waals surface area contributed by atoms with Gasteiger partial charge in [0.2, 0.25) is 5.69 Å².